The molecule has 1 saturated carbocycles. The van der Waals surface area contributed by atoms with Gasteiger partial charge in [-0.15, -0.1) is 0 Å². The predicted octanol–water partition coefficient (Wildman–Crippen LogP) is 2.75. The minimum atomic E-state index is -0.603. The lowest BCUT2D eigenvalue weighted by Crippen LogP contribution is -2.30. The number of ketones is 1. The Balaban J connectivity index is 2.72. The highest BCUT2D eigenvalue weighted by molar-refractivity contribution is 6.01. The summed E-state index contributed by atoms with van der Waals surface area (Å²) in [5.41, 5.74) is -0.603. The van der Waals surface area contributed by atoms with E-state index in [4.69, 9.17) is 0 Å². The molecular weight excluding hydrogens is 176 g/mol. The normalized spacial score (nSPS) is 32.1. The number of carbonyl (C=O) groups is 2. The van der Waals surface area contributed by atoms with E-state index in [-0.39, 0.29) is 11.7 Å². The monoisotopic (exact) mass is 196 g/mol. The molecule has 1 rings (SSSR count). The maximum Gasteiger partial charge on any atom is 0.149 e. The smallest absolute Gasteiger partial charge is 0.149 e. The molecule has 2 unspecified atom stereocenters. The van der Waals surface area contributed by atoms with Crippen molar-refractivity contribution in [3.05, 3.63) is 0 Å². The Morgan fingerprint density at radius 3 is 2.64 bits per heavy atom. The number of Topliss-reactive ketones (excluding diaryl/α,β-unsaturated/α-hetero) is 1. The Morgan fingerprint density at radius 1 is 1.43 bits per heavy atom. The van der Waals surface area contributed by atoms with Crippen LogP contribution in [0.3, 0.4) is 0 Å². The van der Waals surface area contributed by atoms with Crippen LogP contribution in [-0.2, 0) is 9.59 Å². The highest BCUT2D eigenvalue weighted by atomic mass is 16.1. The average Bonchev–Trinajstić information content (AvgIpc) is 2.48. The molecule has 0 radical (unpaired) electrons. The second-order valence-electron chi connectivity index (χ2n) is 4.41. The van der Waals surface area contributed by atoms with E-state index in [9.17, 15) is 9.59 Å². The third-order valence-corrected chi connectivity index (χ3v) is 3.36. The zero-order chi connectivity index (χ0) is 10.6. The van der Waals surface area contributed by atoms with Gasteiger partial charge in [0.2, 0.25) is 0 Å². The van der Waals surface area contributed by atoms with Crippen LogP contribution in [0.5, 0.6) is 0 Å². The third kappa shape index (κ3) is 1.89. The van der Waals surface area contributed by atoms with Gasteiger partial charge < -0.3 is 4.79 Å². The molecule has 80 valence electrons. The van der Waals surface area contributed by atoms with Gasteiger partial charge in [0.1, 0.15) is 12.1 Å². The molecule has 0 aliphatic heterocycles. The summed E-state index contributed by atoms with van der Waals surface area (Å²) in [6, 6.07) is 0. The molecular formula is C12H20O2. The second-order valence-corrected chi connectivity index (χ2v) is 4.41. The molecule has 0 spiro atoms. The van der Waals surface area contributed by atoms with Gasteiger partial charge >= 0.3 is 0 Å². The van der Waals surface area contributed by atoms with Gasteiger partial charge in [0.25, 0.3) is 0 Å². The maximum absolute atomic E-state index is 12.0. The number of carbonyl (C=O) groups excluding carboxylic acids is 2. The van der Waals surface area contributed by atoms with Gasteiger partial charge in [-0.05, 0) is 25.7 Å². The molecule has 1 aliphatic rings. The maximum atomic E-state index is 12.0. The Hall–Kier alpha value is -0.660. The Kier molecular flexibility index (Phi) is 3.85. The number of aldehydes is 1. The summed E-state index contributed by atoms with van der Waals surface area (Å²) < 4.78 is 0. The van der Waals surface area contributed by atoms with E-state index in [1.807, 2.05) is 6.92 Å². The van der Waals surface area contributed by atoms with Crippen molar-refractivity contribution in [2.24, 2.45) is 11.3 Å². The van der Waals surface area contributed by atoms with Crippen molar-refractivity contribution in [2.75, 3.05) is 0 Å². The predicted molar refractivity (Wildman–Crippen MR) is 56.0 cm³/mol. The summed E-state index contributed by atoms with van der Waals surface area (Å²) in [4.78, 5) is 23.1. The highest BCUT2D eigenvalue weighted by Crippen LogP contribution is 2.42. The second kappa shape index (κ2) is 4.72. The van der Waals surface area contributed by atoms with Crippen molar-refractivity contribution in [1.29, 1.82) is 0 Å². The Morgan fingerprint density at radius 2 is 2.14 bits per heavy atom. The van der Waals surface area contributed by atoms with Crippen molar-refractivity contribution in [2.45, 2.75) is 52.4 Å². The molecule has 0 amide bonds. The fraction of sp³-hybridized carbons (Fsp3) is 0.833. The van der Waals surface area contributed by atoms with Crippen LogP contribution in [0.2, 0.25) is 0 Å². The standard InChI is InChI=1S/C12H20O2/c1-3-5-10-6-8-12(9-13,7-4-2)11(10)14/h9-10H,3-8H2,1-2H3. The van der Waals surface area contributed by atoms with Crippen LogP contribution in [0.15, 0.2) is 0 Å². The third-order valence-electron chi connectivity index (χ3n) is 3.36. The quantitative estimate of drug-likeness (QED) is 0.500. The SMILES string of the molecule is CCCC1CCC(C=O)(CCC)C1=O. The van der Waals surface area contributed by atoms with E-state index < -0.39 is 5.41 Å². The molecule has 2 nitrogen and oxygen atoms in total. The van der Waals surface area contributed by atoms with Crippen LogP contribution < -0.4 is 0 Å². The van der Waals surface area contributed by atoms with Gasteiger partial charge in [0.15, 0.2) is 0 Å². The molecule has 1 fully saturated rings. The largest absolute Gasteiger partial charge is 0.302 e. The molecule has 0 aromatic carbocycles. The number of rotatable bonds is 5. The molecule has 1 aliphatic carbocycles. The van der Waals surface area contributed by atoms with E-state index in [1.54, 1.807) is 0 Å². The van der Waals surface area contributed by atoms with Gasteiger partial charge in [-0.2, -0.15) is 0 Å². The summed E-state index contributed by atoms with van der Waals surface area (Å²) in [5, 5.41) is 0. The molecule has 2 heteroatoms. The average molecular weight is 196 g/mol. The fourth-order valence-electron chi connectivity index (χ4n) is 2.59. The molecule has 0 saturated heterocycles. The van der Waals surface area contributed by atoms with Crippen molar-refractivity contribution < 1.29 is 9.59 Å². The van der Waals surface area contributed by atoms with Crippen LogP contribution in [0, 0.1) is 11.3 Å². The van der Waals surface area contributed by atoms with Crippen LogP contribution in [0.1, 0.15) is 52.4 Å². The summed E-state index contributed by atoms with van der Waals surface area (Å²) >= 11 is 0. The minimum absolute atomic E-state index is 0.164. The lowest BCUT2D eigenvalue weighted by Gasteiger charge is -2.19. The number of hydrogen-bond donors (Lipinski definition) is 0. The zero-order valence-electron chi connectivity index (χ0n) is 9.21. The van der Waals surface area contributed by atoms with Gasteiger partial charge in [0.05, 0.1) is 5.41 Å². The highest BCUT2D eigenvalue weighted by Gasteiger charge is 2.46. The van der Waals surface area contributed by atoms with E-state index in [1.165, 1.54) is 0 Å². The van der Waals surface area contributed by atoms with Gasteiger partial charge in [-0.1, -0.05) is 26.7 Å². The molecule has 0 N–H and O–H groups in total. The van der Waals surface area contributed by atoms with Crippen molar-refractivity contribution in [3.8, 4) is 0 Å². The van der Waals surface area contributed by atoms with Crippen molar-refractivity contribution >= 4 is 12.1 Å². The first kappa shape index (κ1) is 11.4. The van der Waals surface area contributed by atoms with Crippen molar-refractivity contribution in [3.63, 3.8) is 0 Å². The fourth-order valence-corrected chi connectivity index (χ4v) is 2.59. The lowest BCUT2D eigenvalue weighted by molar-refractivity contribution is -0.134. The number of hydrogen-bond acceptors (Lipinski definition) is 2. The minimum Gasteiger partial charge on any atom is -0.302 e. The van der Waals surface area contributed by atoms with Gasteiger partial charge in [-0.3, -0.25) is 4.79 Å². The zero-order valence-corrected chi connectivity index (χ0v) is 9.21. The molecule has 14 heavy (non-hydrogen) atoms. The van der Waals surface area contributed by atoms with E-state index >= 15 is 0 Å². The summed E-state index contributed by atoms with van der Waals surface area (Å²) in [5.74, 6) is 0.382. The van der Waals surface area contributed by atoms with Crippen LogP contribution in [-0.4, -0.2) is 12.1 Å². The van der Waals surface area contributed by atoms with Crippen molar-refractivity contribution in [1.82, 2.24) is 0 Å². The Bertz CT molecular complexity index is 222. The molecule has 0 bridgehead atoms. The topological polar surface area (TPSA) is 34.1 Å². The summed E-state index contributed by atoms with van der Waals surface area (Å²) in [7, 11) is 0. The molecule has 0 aromatic heterocycles. The molecule has 0 heterocycles. The van der Waals surface area contributed by atoms with Crippen LogP contribution in [0.4, 0.5) is 0 Å². The van der Waals surface area contributed by atoms with E-state index in [0.29, 0.717) is 0 Å². The van der Waals surface area contributed by atoms with Crippen LogP contribution in [0.25, 0.3) is 0 Å². The first-order chi connectivity index (χ1) is 6.70. The Labute approximate surface area is 86.1 Å². The molecule has 0 aromatic rings. The van der Waals surface area contributed by atoms with Gasteiger partial charge in [-0.25, -0.2) is 0 Å². The molecule has 2 atom stereocenters. The van der Waals surface area contributed by atoms with Gasteiger partial charge in [0, 0.05) is 5.92 Å². The van der Waals surface area contributed by atoms with E-state index in [2.05, 4.69) is 6.92 Å². The summed E-state index contributed by atoms with van der Waals surface area (Å²) in [6.07, 6.45) is 6.28. The van der Waals surface area contributed by atoms with Crippen LogP contribution >= 0.6 is 0 Å². The van der Waals surface area contributed by atoms with E-state index in [0.717, 1.165) is 44.8 Å². The first-order valence-electron chi connectivity index (χ1n) is 5.70. The first-order valence-corrected chi connectivity index (χ1v) is 5.70. The lowest BCUT2D eigenvalue weighted by atomic mass is 9.81. The summed E-state index contributed by atoms with van der Waals surface area (Å²) in [6.45, 7) is 4.12.